The molecule has 2 aromatic carbocycles. The number of aromatic amines is 1. The lowest BCUT2D eigenvalue weighted by Gasteiger charge is -2.10. The number of hydrogen-bond donors (Lipinski definition) is 2. The van der Waals surface area contributed by atoms with Crippen LogP contribution in [0.2, 0.25) is 0 Å². The van der Waals surface area contributed by atoms with Crippen molar-refractivity contribution in [2.75, 3.05) is 4.72 Å². The first-order chi connectivity index (χ1) is 9.97. The first-order valence-electron chi connectivity index (χ1n) is 6.18. The Bertz CT molecular complexity index is 919. The van der Waals surface area contributed by atoms with E-state index in [1.165, 1.54) is 18.3 Å². The second-order valence-electron chi connectivity index (χ2n) is 4.68. The van der Waals surface area contributed by atoms with Gasteiger partial charge in [-0.05, 0) is 36.8 Å². The minimum Gasteiger partial charge on any atom is -0.279 e. The fourth-order valence-electron chi connectivity index (χ4n) is 2.07. The number of nitrogens with one attached hydrogen (secondary N) is 2. The molecule has 0 radical (unpaired) electrons. The molecule has 0 aliphatic rings. The van der Waals surface area contributed by atoms with Gasteiger partial charge in [0.15, 0.2) is 0 Å². The minimum absolute atomic E-state index is 0.349. The van der Waals surface area contributed by atoms with Crippen molar-refractivity contribution in [3.63, 3.8) is 0 Å². The quantitative estimate of drug-likeness (QED) is 0.781. The van der Waals surface area contributed by atoms with Crippen LogP contribution >= 0.6 is 0 Å². The van der Waals surface area contributed by atoms with Crippen molar-refractivity contribution < 1.29 is 12.8 Å². The van der Waals surface area contributed by atoms with Crippen molar-refractivity contribution in [2.45, 2.75) is 11.8 Å². The van der Waals surface area contributed by atoms with Crippen LogP contribution < -0.4 is 4.72 Å². The molecule has 108 valence electrons. The van der Waals surface area contributed by atoms with Gasteiger partial charge in [-0.15, -0.1) is 0 Å². The Morgan fingerprint density at radius 3 is 2.86 bits per heavy atom. The Hall–Kier alpha value is -2.41. The van der Waals surface area contributed by atoms with Crippen LogP contribution in [0.25, 0.3) is 10.9 Å². The fraction of sp³-hybridized carbons (Fsp3) is 0.0714. The van der Waals surface area contributed by atoms with Crippen LogP contribution in [0.5, 0.6) is 0 Å². The summed E-state index contributed by atoms with van der Waals surface area (Å²) in [5.41, 5.74) is 1.71. The number of benzene rings is 2. The summed E-state index contributed by atoms with van der Waals surface area (Å²) in [5, 5.41) is 7.23. The molecule has 2 N–H and O–H groups in total. The van der Waals surface area contributed by atoms with Crippen molar-refractivity contribution in [3.05, 3.63) is 54.0 Å². The number of rotatable bonds is 3. The average molecular weight is 305 g/mol. The number of hydrogen-bond acceptors (Lipinski definition) is 3. The Labute approximate surface area is 120 Å². The maximum absolute atomic E-state index is 13.8. The topological polar surface area (TPSA) is 74.8 Å². The Morgan fingerprint density at radius 1 is 1.24 bits per heavy atom. The van der Waals surface area contributed by atoms with Gasteiger partial charge in [-0.3, -0.25) is 9.82 Å². The van der Waals surface area contributed by atoms with Crippen LogP contribution in [0.1, 0.15) is 5.56 Å². The largest absolute Gasteiger partial charge is 0.279 e. The van der Waals surface area contributed by atoms with Crippen molar-refractivity contribution in [3.8, 4) is 0 Å². The van der Waals surface area contributed by atoms with Crippen molar-refractivity contribution in [1.29, 1.82) is 0 Å². The number of H-pyrrole nitrogens is 1. The van der Waals surface area contributed by atoms with Gasteiger partial charge in [-0.25, -0.2) is 12.8 Å². The molecular weight excluding hydrogens is 293 g/mol. The summed E-state index contributed by atoms with van der Waals surface area (Å²) in [5.74, 6) is -0.785. The minimum atomic E-state index is -4.00. The second kappa shape index (κ2) is 4.85. The Balaban J connectivity index is 2.08. The molecule has 1 aromatic heterocycles. The molecule has 0 aliphatic carbocycles. The van der Waals surface area contributed by atoms with E-state index in [4.69, 9.17) is 0 Å². The van der Waals surface area contributed by atoms with Gasteiger partial charge >= 0.3 is 0 Å². The van der Waals surface area contributed by atoms with Crippen LogP contribution in [0.15, 0.2) is 47.5 Å². The number of aromatic nitrogens is 2. The van der Waals surface area contributed by atoms with E-state index in [1.807, 2.05) is 0 Å². The van der Waals surface area contributed by atoms with Crippen LogP contribution in [0.3, 0.4) is 0 Å². The van der Waals surface area contributed by atoms with E-state index in [2.05, 4.69) is 14.9 Å². The molecule has 3 rings (SSSR count). The molecule has 5 nitrogen and oxygen atoms in total. The molecule has 7 heteroatoms. The van der Waals surface area contributed by atoms with Gasteiger partial charge in [0.05, 0.1) is 17.4 Å². The highest BCUT2D eigenvalue weighted by atomic mass is 32.2. The number of fused-ring (bicyclic) bond motifs is 1. The molecule has 21 heavy (non-hydrogen) atoms. The van der Waals surface area contributed by atoms with Crippen LogP contribution in [0, 0.1) is 12.7 Å². The van der Waals surface area contributed by atoms with Gasteiger partial charge < -0.3 is 0 Å². The highest BCUT2D eigenvalue weighted by Gasteiger charge is 2.20. The predicted molar refractivity (Wildman–Crippen MR) is 78.0 cm³/mol. The molecule has 0 aliphatic heterocycles. The van der Waals surface area contributed by atoms with Gasteiger partial charge in [0.2, 0.25) is 0 Å². The van der Waals surface area contributed by atoms with Gasteiger partial charge in [0, 0.05) is 5.39 Å². The van der Waals surface area contributed by atoms with E-state index in [0.29, 0.717) is 22.2 Å². The summed E-state index contributed by atoms with van der Waals surface area (Å²) < 4.78 is 40.9. The molecule has 0 spiro atoms. The third-order valence-electron chi connectivity index (χ3n) is 3.11. The summed E-state index contributed by atoms with van der Waals surface area (Å²) in [4.78, 5) is -0.372. The summed E-state index contributed by atoms with van der Waals surface area (Å²) in [6.45, 7) is 1.70. The van der Waals surface area contributed by atoms with E-state index in [0.717, 1.165) is 6.07 Å². The maximum Gasteiger partial charge on any atom is 0.264 e. The molecule has 0 amide bonds. The van der Waals surface area contributed by atoms with Crippen LogP contribution in [0.4, 0.5) is 10.1 Å². The molecule has 0 unspecified atom stereocenters. The standard InChI is InChI=1S/C14H12FN3O2S/c1-9-5-6-11(15)14(7-9)21(19,20)18-13-4-2-3-12-10(13)8-16-17-12/h2-8,18H,1H3,(H,16,17). The monoisotopic (exact) mass is 305 g/mol. The van der Waals surface area contributed by atoms with Crippen molar-refractivity contribution in [1.82, 2.24) is 10.2 Å². The summed E-state index contributed by atoms with van der Waals surface area (Å²) >= 11 is 0. The van der Waals surface area contributed by atoms with E-state index in [1.54, 1.807) is 25.1 Å². The van der Waals surface area contributed by atoms with Crippen molar-refractivity contribution in [2.24, 2.45) is 0 Å². The predicted octanol–water partition coefficient (Wildman–Crippen LogP) is 2.81. The molecule has 0 bridgehead atoms. The van der Waals surface area contributed by atoms with Crippen LogP contribution in [-0.4, -0.2) is 18.6 Å². The number of aryl methyl sites for hydroxylation is 1. The Kier molecular flexibility index (Phi) is 3.13. The molecule has 1 heterocycles. The molecular formula is C14H12FN3O2S. The van der Waals surface area contributed by atoms with Gasteiger partial charge in [0.25, 0.3) is 10.0 Å². The third kappa shape index (κ3) is 2.47. The molecule has 3 aromatic rings. The van der Waals surface area contributed by atoms with E-state index < -0.39 is 15.8 Å². The van der Waals surface area contributed by atoms with E-state index in [-0.39, 0.29) is 4.90 Å². The number of sulfonamides is 1. The van der Waals surface area contributed by atoms with Gasteiger partial charge in [-0.2, -0.15) is 5.10 Å². The molecule has 0 saturated heterocycles. The summed E-state index contributed by atoms with van der Waals surface area (Å²) in [6.07, 6.45) is 1.51. The lowest BCUT2D eigenvalue weighted by atomic mass is 10.2. The fourth-order valence-corrected chi connectivity index (χ4v) is 3.32. The number of halogens is 1. The van der Waals surface area contributed by atoms with Gasteiger partial charge in [0.1, 0.15) is 10.7 Å². The van der Waals surface area contributed by atoms with Gasteiger partial charge in [-0.1, -0.05) is 12.1 Å². The molecule has 0 fully saturated rings. The molecule has 0 saturated carbocycles. The third-order valence-corrected chi connectivity index (χ3v) is 4.49. The number of anilines is 1. The van der Waals surface area contributed by atoms with Crippen molar-refractivity contribution >= 4 is 26.6 Å². The maximum atomic E-state index is 13.8. The Morgan fingerprint density at radius 2 is 2.05 bits per heavy atom. The smallest absolute Gasteiger partial charge is 0.264 e. The average Bonchev–Trinajstić information content (AvgIpc) is 2.90. The van der Waals surface area contributed by atoms with E-state index in [9.17, 15) is 12.8 Å². The summed E-state index contributed by atoms with van der Waals surface area (Å²) in [7, 11) is -4.00. The highest BCUT2D eigenvalue weighted by molar-refractivity contribution is 7.92. The normalized spacial score (nSPS) is 11.7. The number of nitrogens with zero attached hydrogens (tertiary/aromatic N) is 1. The first-order valence-corrected chi connectivity index (χ1v) is 7.67. The first kappa shape index (κ1) is 13.6. The SMILES string of the molecule is Cc1ccc(F)c(S(=O)(=O)Nc2cccc3[nH]ncc23)c1. The zero-order valence-electron chi connectivity index (χ0n) is 11.1. The zero-order valence-corrected chi connectivity index (χ0v) is 11.9. The molecule has 0 atom stereocenters. The van der Waals surface area contributed by atoms with E-state index >= 15 is 0 Å². The second-order valence-corrected chi connectivity index (χ2v) is 6.33. The summed E-state index contributed by atoms with van der Waals surface area (Å²) in [6, 6.07) is 9.02. The zero-order chi connectivity index (χ0) is 15.0. The lowest BCUT2D eigenvalue weighted by molar-refractivity contribution is 0.570. The lowest BCUT2D eigenvalue weighted by Crippen LogP contribution is -2.15. The highest BCUT2D eigenvalue weighted by Crippen LogP contribution is 2.25. The van der Waals surface area contributed by atoms with Crippen LogP contribution in [-0.2, 0) is 10.0 Å².